The Labute approximate surface area is 118 Å². The van der Waals surface area contributed by atoms with Crippen LogP contribution in [0.1, 0.15) is 25.7 Å². The predicted molar refractivity (Wildman–Crippen MR) is 77.2 cm³/mol. The number of hydrogen-bond acceptors (Lipinski definition) is 4. The first kappa shape index (κ1) is 13.0. The summed E-state index contributed by atoms with van der Waals surface area (Å²) < 4.78 is 0. The standard InChI is InChI=1S/C15H19N3O2/c16-13-3-1-2-4-14(13)17-10-7-11-5-6-12(8-10)18(11)15(20)9-19/h1-4,9-12,17H,5-8,16H2. The molecule has 3 N–H and O–H groups in total. The minimum absolute atomic E-state index is 0.189. The lowest BCUT2D eigenvalue weighted by molar-refractivity contribution is -0.142. The first-order valence-corrected chi connectivity index (χ1v) is 7.07. The fraction of sp³-hybridized carbons (Fsp3) is 0.467. The maximum Gasteiger partial charge on any atom is 0.287 e. The number of hydrogen-bond donors (Lipinski definition) is 2. The number of rotatable bonds is 3. The van der Waals surface area contributed by atoms with Crippen molar-refractivity contribution in [3.8, 4) is 0 Å². The summed E-state index contributed by atoms with van der Waals surface area (Å²) in [5.41, 5.74) is 7.64. The molecule has 2 aliphatic rings. The quantitative estimate of drug-likeness (QED) is 0.496. The number of para-hydroxylation sites is 2. The Hall–Kier alpha value is -2.04. The summed E-state index contributed by atoms with van der Waals surface area (Å²) in [5.74, 6) is -0.366. The number of carbonyl (C=O) groups is 2. The van der Waals surface area contributed by atoms with Crippen LogP contribution in [0.15, 0.2) is 24.3 Å². The zero-order valence-electron chi connectivity index (χ0n) is 11.3. The Bertz CT molecular complexity index is 518. The lowest BCUT2D eigenvalue weighted by atomic mass is 9.97. The van der Waals surface area contributed by atoms with Crippen LogP contribution in [0.2, 0.25) is 0 Å². The highest BCUT2D eigenvalue weighted by Crippen LogP contribution is 2.37. The van der Waals surface area contributed by atoms with Gasteiger partial charge in [0.05, 0.1) is 11.4 Å². The third-order valence-electron chi connectivity index (χ3n) is 4.41. The molecule has 2 heterocycles. The number of amides is 1. The molecule has 0 aromatic heterocycles. The van der Waals surface area contributed by atoms with Gasteiger partial charge in [-0.3, -0.25) is 9.59 Å². The zero-order valence-corrected chi connectivity index (χ0v) is 11.3. The monoisotopic (exact) mass is 273 g/mol. The molecule has 0 radical (unpaired) electrons. The van der Waals surface area contributed by atoms with Crippen molar-refractivity contribution in [2.45, 2.75) is 43.8 Å². The highest BCUT2D eigenvalue weighted by Gasteiger charge is 2.43. The number of nitrogen functional groups attached to an aromatic ring is 1. The predicted octanol–water partition coefficient (Wildman–Crippen LogP) is 1.40. The summed E-state index contributed by atoms with van der Waals surface area (Å²) in [4.78, 5) is 24.2. The number of aldehydes is 1. The van der Waals surface area contributed by atoms with E-state index < -0.39 is 0 Å². The molecule has 0 spiro atoms. The van der Waals surface area contributed by atoms with Gasteiger partial charge in [0.1, 0.15) is 0 Å². The van der Waals surface area contributed by atoms with E-state index in [-0.39, 0.29) is 18.0 Å². The topological polar surface area (TPSA) is 75.4 Å². The van der Waals surface area contributed by atoms with Gasteiger partial charge in [0.2, 0.25) is 6.29 Å². The van der Waals surface area contributed by atoms with Crippen molar-refractivity contribution in [2.75, 3.05) is 11.1 Å². The maximum absolute atomic E-state index is 11.7. The van der Waals surface area contributed by atoms with E-state index in [4.69, 9.17) is 5.73 Å². The Morgan fingerprint density at radius 3 is 2.50 bits per heavy atom. The fourth-order valence-corrected chi connectivity index (χ4v) is 3.56. The van der Waals surface area contributed by atoms with Crippen LogP contribution in [0.3, 0.4) is 0 Å². The van der Waals surface area contributed by atoms with E-state index in [1.807, 2.05) is 24.3 Å². The number of benzene rings is 1. The van der Waals surface area contributed by atoms with Crippen LogP contribution >= 0.6 is 0 Å². The largest absolute Gasteiger partial charge is 0.397 e. The van der Waals surface area contributed by atoms with Crippen molar-refractivity contribution in [3.63, 3.8) is 0 Å². The van der Waals surface area contributed by atoms with Crippen LogP contribution in [0, 0.1) is 0 Å². The molecule has 2 saturated heterocycles. The third kappa shape index (κ3) is 2.24. The second-order valence-electron chi connectivity index (χ2n) is 5.65. The Kier molecular flexibility index (Phi) is 3.34. The Morgan fingerprint density at radius 1 is 1.25 bits per heavy atom. The number of nitrogens with one attached hydrogen (secondary N) is 1. The minimum Gasteiger partial charge on any atom is -0.397 e. The van der Waals surface area contributed by atoms with E-state index in [1.165, 1.54) is 0 Å². The number of nitrogens with zero attached hydrogens (tertiary/aromatic N) is 1. The van der Waals surface area contributed by atoms with Gasteiger partial charge < -0.3 is 16.0 Å². The molecule has 1 amide bonds. The molecule has 2 unspecified atom stereocenters. The molecule has 5 heteroatoms. The lowest BCUT2D eigenvalue weighted by Gasteiger charge is -2.38. The van der Waals surface area contributed by atoms with Crippen LogP contribution < -0.4 is 11.1 Å². The van der Waals surface area contributed by atoms with Gasteiger partial charge in [0.25, 0.3) is 5.91 Å². The number of nitrogens with two attached hydrogens (primary N) is 1. The van der Waals surface area contributed by atoms with Crippen molar-refractivity contribution in [3.05, 3.63) is 24.3 Å². The highest BCUT2D eigenvalue weighted by molar-refractivity contribution is 6.23. The van der Waals surface area contributed by atoms with E-state index in [2.05, 4.69) is 5.32 Å². The van der Waals surface area contributed by atoms with Gasteiger partial charge in [-0.2, -0.15) is 0 Å². The minimum atomic E-state index is -0.366. The lowest BCUT2D eigenvalue weighted by Crippen LogP contribution is -2.50. The molecular weight excluding hydrogens is 254 g/mol. The average molecular weight is 273 g/mol. The molecule has 2 bridgehead atoms. The summed E-state index contributed by atoms with van der Waals surface area (Å²) in [7, 11) is 0. The summed E-state index contributed by atoms with van der Waals surface area (Å²) in [6, 6.07) is 8.41. The van der Waals surface area contributed by atoms with E-state index in [1.54, 1.807) is 4.90 Å². The SMILES string of the molecule is Nc1ccccc1NC1CC2CCC(C1)N2C(=O)C=O. The molecule has 3 rings (SSSR count). The summed E-state index contributed by atoms with van der Waals surface area (Å²) >= 11 is 0. The third-order valence-corrected chi connectivity index (χ3v) is 4.41. The van der Waals surface area contributed by atoms with E-state index >= 15 is 0 Å². The van der Waals surface area contributed by atoms with Crippen LogP contribution in [-0.2, 0) is 9.59 Å². The Balaban J connectivity index is 1.70. The summed E-state index contributed by atoms with van der Waals surface area (Å²) in [6.45, 7) is 0. The molecule has 5 nitrogen and oxygen atoms in total. The van der Waals surface area contributed by atoms with E-state index in [0.717, 1.165) is 37.1 Å². The van der Waals surface area contributed by atoms with Crippen LogP contribution in [-0.4, -0.2) is 35.2 Å². The van der Waals surface area contributed by atoms with Gasteiger partial charge >= 0.3 is 0 Å². The molecule has 2 aliphatic heterocycles. The van der Waals surface area contributed by atoms with E-state index in [0.29, 0.717) is 12.3 Å². The smallest absolute Gasteiger partial charge is 0.287 e. The average Bonchev–Trinajstić information content (AvgIpc) is 2.72. The molecule has 20 heavy (non-hydrogen) atoms. The number of fused-ring (bicyclic) bond motifs is 2. The van der Waals surface area contributed by atoms with Gasteiger partial charge in [0, 0.05) is 18.1 Å². The first-order valence-electron chi connectivity index (χ1n) is 7.07. The fourth-order valence-electron chi connectivity index (χ4n) is 3.56. The molecule has 2 fully saturated rings. The molecule has 2 atom stereocenters. The van der Waals surface area contributed by atoms with Crippen molar-refractivity contribution in [2.24, 2.45) is 0 Å². The van der Waals surface area contributed by atoms with Crippen molar-refractivity contribution in [1.29, 1.82) is 0 Å². The van der Waals surface area contributed by atoms with Crippen LogP contribution in [0.5, 0.6) is 0 Å². The molecule has 0 aliphatic carbocycles. The van der Waals surface area contributed by atoms with Crippen molar-refractivity contribution < 1.29 is 9.59 Å². The number of piperidine rings is 1. The van der Waals surface area contributed by atoms with Crippen molar-refractivity contribution in [1.82, 2.24) is 4.90 Å². The summed E-state index contributed by atoms with van der Waals surface area (Å²) in [6.07, 6.45) is 4.18. The second kappa shape index (κ2) is 5.15. The Morgan fingerprint density at radius 2 is 1.90 bits per heavy atom. The first-order chi connectivity index (χ1) is 9.69. The van der Waals surface area contributed by atoms with Crippen molar-refractivity contribution >= 4 is 23.6 Å². The normalized spacial score (nSPS) is 28.2. The molecular formula is C15H19N3O2. The number of carbonyl (C=O) groups excluding carboxylic acids is 2. The second-order valence-corrected chi connectivity index (χ2v) is 5.65. The van der Waals surface area contributed by atoms with Gasteiger partial charge in [-0.1, -0.05) is 12.1 Å². The maximum atomic E-state index is 11.7. The van der Waals surface area contributed by atoms with Gasteiger partial charge in [0.15, 0.2) is 0 Å². The van der Waals surface area contributed by atoms with Crippen LogP contribution in [0.25, 0.3) is 0 Å². The molecule has 1 aromatic rings. The molecule has 1 aromatic carbocycles. The van der Waals surface area contributed by atoms with Gasteiger partial charge in [-0.25, -0.2) is 0 Å². The zero-order chi connectivity index (χ0) is 14.1. The van der Waals surface area contributed by atoms with Crippen LogP contribution in [0.4, 0.5) is 11.4 Å². The summed E-state index contributed by atoms with van der Waals surface area (Å²) in [5, 5.41) is 3.48. The van der Waals surface area contributed by atoms with E-state index in [9.17, 15) is 9.59 Å². The van der Waals surface area contributed by atoms with Gasteiger partial charge in [-0.15, -0.1) is 0 Å². The number of anilines is 2. The molecule has 0 saturated carbocycles. The molecule has 106 valence electrons. The highest BCUT2D eigenvalue weighted by atomic mass is 16.2. The van der Waals surface area contributed by atoms with Gasteiger partial charge in [-0.05, 0) is 37.8 Å².